The first-order chi connectivity index (χ1) is 11.5. The summed E-state index contributed by atoms with van der Waals surface area (Å²) in [6.07, 6.45) is 1.80. The number of nitrogens with one attached hydrogen (secondary N) is 1. The average Bonchev–Trinajstić information content (AvgIpc) is 3.34. The van der Waals surface area contributed by atoms with Gasteiger partial charge in [0, 0.05) is 23.6 Å². The highest BCUT2D eigenvalue weighted by Gasteiger charge is 2.33. The monoisotopic (exact) mass is 346 g/mol. The minimum absolute atomic E-state index is 0.106. The van der Waals surface area contributed by atoms with Crippen LogP contribution in [0.2, 0.25) is 5.02 Å². The van der Waals surface area contributed by atoms with Crippen LogP contribution in [0.3, 0.4) is 0 Å². The lowest BCUT2D eigenvalue weighted by Gasteiger charge is -2.24. The summed E-state index contributed by atoms with van der Waals surface area (Å²) in [6, 6.07) is 10.6. The fourth-order valence-electron chi connectivity index (χ4n) is 2.60. The van der Waals surface area contributed by atoms with Gasteiger partial charge in [-0.25, -0.2) is 4.39 Å². The van der Waals surface area contributed by atoms with Gasteiger partial charge >= 0.3 is 0 Å². The molecule has 3 rings (SSSR count). The van der Waals surface area contributed by atoms with Crippen molar-refractivity contribution < 1.29 is 14.0 Å². The zero-order valence-electron chi connectivity index (χ0n) is 13.1. The Bertz CT molecular complexity index is 805. The van der Waals surface area contributed by atoms with Gasteiger partial charge in [-0.1, -0.05) is 17.7 Å². The summed E-state index contributed by atoms with van der Waals surface area (Å²) in [4.78, 5) is 26.0. The molecule has 0 heterocycles. The largest absolute Gasteiger partial charge is 0.320 e. The molecule has 0 radical (unpaired) electrons. The van der Waals surface area contributed by atoms with Crippen LogP contribution in [0, 0.1) is 5.82 Å². The Balaban J connectivity index is 1.93. The molecule has 1 fully saturated rings. The van der Waals surface area contributed by atoms with Crippen LogP contribution in [0.1, 0.15) is 30.1 Å². The van der Waals surface area contributed by atoms with E-state index >= 15 is 0 Å². The summed E-state index contributed by atoms with van der Waals surface area (Å²) < 4.78 is 13.7. The number of carbonyl (C=O) groups excluding carboxylic acids is 2. The number of halogens is 2. The molecule has 24 heavy (non-hydrogen) atoms. The van der Waals surface area contributed by atoms with Gasteiger partial charge in [-0.3, -0.25) is 9.59 Å². The van der Waals surface area contributed by atoms with Crippen molar-refractivity contribution in [3.05, 3.63) is 58.9 Å². The van der Waals surface area contributed by atoms with Gasteiger partial charge in [0.05, 0.1) is 11.4 Å². The third-order valence-electron chi connectivity index (χ3n) is 3.80. The highest BCUT2D eigenvalue weighted by molar-refractivity contribution is 6.31. The molecule has 124 valence electrons. The van der Waals surface area contributed by atoms with Gasteiger partial charge < -0.3 is 10.2 Å². The Morgan fingerprint density at radius 1 is 1.21 bits per heavy atom. The van der Waals surface area contributed by atoms with Crippen molar-refractivity contribution in [2.75, 3.05) is 10.2 Å². The summed E-state index contributed by atoms with van der Waals surface area (Å²) in [5.74, 6) is -1.04. The molecule has 2 aromatic rings. The van der Waals surface area contributed by atoms with Crippen LogP contribution >= 0.6 is 11.6 Å². The molecule has 4 nitrogen and oxygen atoms in total. The fraction of sp³-hybridized carbons (Fsp3) is 0.222. The first-order valence-corrected chi connectivity index (χ1v) is 8.00. The minimum Gasteiger partial charge on any atom is -0.320 e. The Labute approximate surface area is 144 Å². The molecule has 0 saturated heterocycles. The summed E-state index contributed by atoms with van der Waals surface area (Å²) in [5, 5.41) is 3.12. The number of rotatable bonds is 4. The van der Waals surface area contributed by atoms with Crippen molar-refractivity contribution >= 4 is 34.8 Å². The van der Waals surface area contributed by atoms with Crippen LogP contribution in [-0.4, -0.2) is 17.9 Å². The van der Waals surface area contributed by atoms with E-state index in [0.29, 0.717) is 16.3 Å². The molecular formula is C18H16ClFN2O2. The number of nitrogens with zero attached hydrogens (tertiary/aromatic N) is 1. The molecule has 0 bridgehead atoms. The Morgan fingerprint density at radius 2 is 1.96 bits per heavy atom. The Morgan fingerprint density at radius 3 is 2.58 bits per heavy atom. The number of anilines is 2. The zero-order valence-corrected chi connectivity index (χ0v) is 13.8. The zero-order chi connectivity index (χ0) is 17.3. The third kappa shape index (κ3) is 3.57. The second kappa shape index (κ2) is 6.61. The van der Waals surface area contributed by atoms with E-state index in [2.05, 4.69) is 5.32 Å². The van der Waals surface area contributed by atoms with Crippen molar-refractivity contribution in [3.63, 3.8) is 0 Å². The van der Waals surface area contributed by atoms with Gasteiger partial charge in [0.1, 0.15) is 5.82 Å². The summed E-state index contributed by atoms with van der Waals surface area (Å²) >= 11 is 5.90. The lowest BCUT2D eigenvalue weighted by molar-refractivity contribution is -0.116. The predicted octanol–water partition coefficient (Wildman–Crippen LogP) is 4.25. The van der Waals surface area contributed by atoms with E-state index in [-0.39, 0.29) is 17.6 Å². The SMILES string of the molecule is CC(=O)N(c1ccc(F)cc1NC(=O)c1cccc(Cl)c1)C1CC1. The molecule has 0 aromatic heterocycles. The number of carbonyl (C=O) groups is 2. The maximum absolute atomic E-state index is 13.7. The average molecular weight is 347 g/mol. The van der Waals surface area contributed by atoms with Gasteiger partial charge in [0.25, 0.3) is 5.91 Å². The lowest BCUT2D eigenvalue weighted by Crippen LogP contribution is -2.31. The first-order valence-electron chi connectivity index (χ1n) is 7.62. The van der Waals surface area contributed by atoms with Crippen molar-refractivity contribution in [1.29, 1.82) is 0 Å². The number of benzene rings is 2. The molecule has 6 heteroatoms. The molecule has 1 aliphatic rings. The minimum atomic E-state index is -0.487. The number of hydrogen-bond acceptors (Lipinski definition) is 2. The highest BCUT2D eigenvalue weighted by atomic mass is 35.5. The van der Waals surface area contributed by atoms with Crippen molar-refractivity contribution in [2.24, 2.45) is 0 Å². The fourth-order valence-corrected chi connectivity index (χ4v) is 2.79. The molecule has 2 amide bonds. The van der Waals surface area contributed by atoms with E-state index in [4.69, 9.17) is 11.6 Å². The van der Waals surface area contributed by atoms with Crippen LogP contribution in [0.25, 0.3) is 0 Å². The maximum atomic E-state index is 13.7. The second-order valence-electron chi connectivity index (χ2n) is 5.75. The quantitative estimate of drug-likeness (QED) is 0.899. The second-order valence-corrected chi connectivity index (χ2v) is 6.18. The van der Waals surface area contributed by atoms with Crippen molar-refractivity contribution in [3.8, 4) is 0 Å². The van der Waals surface area contributed by atoms with Crippen LogP contribution in [0.15, 0.2) is 42.5 Å². The van der Waals surface area contributed by atoms with E-state index in [1.165, 1.54) is 31.2 Å². The Hall–Kier alpha value is -2.40. The van der Waals surface area contributed by atoms with Crippen LogP contribution in [-0.2, 0) is 4.79 Å². The normalized spacial score (nSPS) is 13.5. The van der Waals surface area contributed by atoms with Gasteiger partial charge in [-0.05, 0) is 49.2 Å². The number of hydrogen-bond donors (Lipinski definition) is 1. The maximum Gasteiger partial charge on any atom is 0.255 e. The van der Waals surface area contributed by atoms with Gasteiger partial charge in [-0.15, -0.1) is 0 Å². The molecular weight excluding hydrogens is 331 g/mol. The van der Waals surface area contributed by atoms with E-state index < -0.39 is 11.7 Å². The molecule has 0 unspecified atom stereocenters. The highest BCUT2D eigenvalue weighted by Crippen LogP contribution is 2.36. The van der Waals surface area contributed by atoms with Crippen molar-refractivity contribution in [2.45, 2.75) is 25.8 Å². The lowest BCUT2D eigenvalue weighted by atomic mass is 10.2. The molecule has 1 N–H and O–H groups in total. The van der Waals surface area contributed by atoms with Crippen LogP contribution in [0.5, 0.6) is 0 Å². The van der Waals surface area contributed by atoms with E-state index in [1.54, 1.807) is 23.1 Å². The predicted molar refractivity (Wildman–Crippen MR) is 92.0 cm³/mol. The van der Waals surface area contributed by atoms with Crippen molar-refractivity contribution in [1.82, 2.24) is 0 Å². The summed E-state index contributed by atoms with van der Waals surface area (Å²) in [6.45, 7) is 1.46. The van der Waals surface area contributed by atoms with Crippen LogP contribution < -0.4 is 10.2 Å². The summed E-state index contributed by atoms with van der Waals surface area (Å²) in [7, 11) is 0. The Kier molecular flexibility index (Phi) is 4.53. The molecule has 0 spiro atoms. The molecule has 1 aliphatic carbocycles. The summed E-state index contributed by atoms with van der Waals surface area (Å²) in [5.41, 5.74) is 1.13. The van der Waals surface area contributed by atoms with Gasteiger partial charge in [0.15, 0.2) is 0 Å². The topological polar surface area (TPSA) is 49.4 Å². The molecule has 0 atom stereocenters. The number of amides is 2. The molecule has 1 saturated carbocycles. The van der Waals surface area contributed by atoms with Gasteiger partial charge in [-0.2, -0.15) is 0 Å². The van der Waals surface area contributed by atoms with E-state index in [9.17, 15) is 14.0 Å². The first kappa shape index (κ1) is 16.5. The standard InChI is InChI=1S/C18H16ClFN2O2/c1-11(23)22(15-6-7-15)17-8-5-14(20)10-16(17)21-18(24)12-3-2-4-13(19)9-12/h2-5,8-10,15H,6-7H2,1H3,(H,21,24). The van der Waals surface area contributed by atoms with E-state index in [1.807, 2.05) is 0 Å². The third-order valence-corrected chi connectivity index (χ3v) is 4.04. The smallest absolute Gasteiger partial charge is 0.255 e. The molecule has 2 aromatic carbocycles. The van der Waals surface area contributed by atoms with Gasteiger partial charge in [0.2, 0.25) is 5.91 Å². The van der Waals surface area contributed by atoms with E-state index in [0.717, 1.165) is 12.8 Å². The molecule has 0 aliphatic heterocycles. The van der Waals surface area contributed by atoms with Crippen LogP contribution in [0.4, 0.5) is 15.8 Å².